The quantitative estimate of drug-likeness (QED) is 0.797. The highest BCUT2D eigenvalue weighted by Gasteiger charge is 2.25. The Morgan fingerprint density at radius 1 is 1.14 bits per heavy atom. The van der Waals surface area contributed by atoms with Crippen LogP contribution in [0.4, 0.5) is 0 Å². The van der Waals surface area contributed by atoms with Crippen LogP contribution in [-0.2, 0) is 19.7 Å². The summed E-state index contributed by atoms with van der Waals surface area (Å²) in [7, 11) is -6.32. The van der Waals surface area contributed by atoms with Crippen LogP contribution in [0.25, 0.3) is 0 Å². The van der Waals surface area contributed by atoms with Crippen LogP contribution in [0.2, 0.25) is 0 Å². The maximum absolute atomic E-state index is 12.2. The number of rotatable bonds is 3. The van der Waals surface area contributed by atoms with Crippen LogP contribution in [-0.4, -0.2) is 58.0 Å². The maximum Gasteiger partial charge on any atom is 0.253 e. The third-order valence-electron chi connectivity index (χ3n) is 3.47. The molecule has 0 atom stereocenters. The summed E-state index contributed by atoms with van der Waals surface area (Å²) >= 11 is 0. The summed E-state index contributed by atoms with van der Waals surface area (Å²) in [5.41, 5.74) is 0.365. The first-order valence-corrected chi connectivity index (χ1v) is 10.0. The van der Waals surface area contributed by atoms with Crippen LogP contribution >= 0.6 is 0 Å². The zero-order valence-corrected chi connectivity index (χ0v) is 13.3. The molecule has 21 heavy (non-hydrogen) atoms. The van der Waals surface area contributed by atoms with E-state index < -0.39 is 19.7 Å². The molecule has 1 aliphatic heterocycles. The molecule has 1 saturated heterocycles. The molecule has 0 saturated carbocycles. The highest BCUT2D eigenvalue weighted by molar-refractivity contribution is 7.91. The van der Waals surface area contributed by atoms with E-state index in [1.807, 2.05) is 0 Å². The van der Waals surface area contributed by atoms with Gasteiger partial charge in [-0.25, -0.2) is 16.8 Å². The van der Waals surface area contributed by atoms with Gasteiger partial charge in [-0.3, -0.25) is 4.79 Å². The van der Waals surface area contributed by atoms with Crippen LogP contribution in [0.3, 0.4) is 0 Å². The molecule has 0 radical (unpaired) electrons. The average Bonchev–Trinajstić information content (AvgIpc) is 2.47. The molecule has 1 aromatic rings. The summed E-state index contributed by atoms with van der Waals surface area (Å²) < 4.78 is 46.1. The molecule has 116 valence electrons. The highest BCUT2D eigenvalue weighted by Crippen LogP contribution is 2.15. The summed E-state index contributed by atoms with van der Waals surface area (Å²) in [6, 6.07) is 5.75. The Hall–Kier alpha value is -1.41. The molecule has 0 unspecified atom stereocenters. The van der Waals surface area contributed by atoms with Crippen molar-refractivity contribution in [2.24, 2.45) is 0 Å². The molecule has 1 amide bonds. The monoisotopic (exact) mass is 331 g/mol. The first-order valence-electron chi connectivity index (χ1n) is 6.58. The van der Waals surface area contributed by atoms with Crippen LogP contribution in [0.1, 0.15) is 17.3 Å². The van der Waals surface area contributed by atoms with Crippen LogP contribution in [0, 0.1) is 0 Å². The van der Waals surface area contributed by atoms with Gasteiger partial charge in [-0.05, 0) is 24.3 Å². The van der Waals surface area contributed by atoms with Gasteiger partial charge in [-0.1, -0.05) is 6.92 Å². The van der Waals surface area contributed by atoms with Gasteiger partial charge in [-0.2, -0.15) is 0 Å². The third-order valence-corrected chi connectivity index (χ3v) is 6.83. The van der Waals surface area contributed by atoms with E-state index in [1.54, 1.807) is 6.92 Å². The molecule has 0 aliphatic carbocycles. The number of hydrogen-bond donors (Lipinski definition) is 0. The van der Waals surface area contributed by atoms with Gasteiger partial charge in [0, 0.05) is 18.7 Å². The number of sulfone groups is 2. The lowest BCUT2D eigenvalue weighted by Gasteiger charge is -2.26. The van der Waals surface area contributed by atoms with Crippen molar-refractivity contribution >= 4 is 25.6 Å². The second kappa shape index (κ2) is 5.76. The van der Waals surface area contributed by atoms with Gasteiger partial charge in [0.1, 0.15) is 0 Å². The number of nitrogens with zero attached hydrogens (tertiary/aromatic N) is 1. The predicted octanol–water partition coefficient (Wildman–Crippen LogP) is 0.351. The second-order valence-corrected chi connectivity index (χ2v) is 9.45. The van der Waals surface area contributed by atoms with E-state index in [0.717, 1.165) is 0 Å². The molecule has 0 aromatic heterocycles. The molecule has 8 heteroatoms. The molecule has 1 fully saturated rings. The summed E-state index contributed by atoms with van der Waals surface area (Å²) in [6.45, 7) is 1.91. The number of benzene rings is 1. The van der Waals surface area contributed by atoms with E-state index in [4.69, 9.17) is 0 Å². The van der Waals surface area contributed by atoms with Gasteiger partial charge >= 0.3 is 0 Å². The predicted molar refractivity (Wildman–Crippen MR) is 78.7 cm³/mol. The van der Waals surface area contributed by atoms with Crippen LogP contribution in [0.15, 0.2) is 29.2 Å². The van der Waals surface area contributed by atoms with E-state index in [0.29, 0.717) is 5.56 Å². The van der Waals surface area contributed by atoms with E-state index in [-0.39, 0.29) is 41.2 Å². The Labute approximate surface area is 124 Å². The molecule has 6 nitrogen and oxygen atoms in total. The molecule has 1 aliphatic rings. The van der Waals surface area contributed by atoms with Crippen LogP contribution < -0.4 is 0 Å². The summed E-state index contributed by atoms with van der Waals surface area (Å²) in [5, 5.41) is 0. The Bertz CT molecular complexity index is 721. The maximum atomic E-state index is 12.2. The fourth-order valence-electron chi connectivity index (χ4n) is 2.07. The molecular formula is C13H17NO5S2. The van der Waals surface area contributed by atoms with Crippen molar-refractivity contribution < 1.29 is 21.6 Å². The summed E-state index contributed by atoms with van der Waals surface area (Å²) in [6.07, 6.45) is 0. The van der Waals surface area contributed by atoms with Crippen molar-refractivity contribution in [1.29, 1.82) is 0 Å². The van der Waals surface area contributed by atoms with E-state index in [1.165, 1.54) is 29.2 Å². The minimum atomic E-state index is -3.29. The minimum Gasteiger partial charge on any atom is -0.337 e. The molecule has 1 heterocycles. The van der Waals surface area contributed by atoms with E-state index in [2.05, 4.69) is 0 Å². The van der Waals surface area contributed by atoms with Gasteiger partial charge in [0.2, 0.25) is 0 Å². The lowest BCUT2D eigenvalue weighted by atomic mass is 10.2. The normalized spacial score (nSPS) is 18.4. The van der Waals surface area contributed by atoms with Gasteiger partial charge in [-0.15, -0.1) is 0 Å². The van der Waals surface area contributed by atoms with Gasteiger partial charge < -0.3 is 4.90 Å². The molecular weight excluding hydrogens is 314 g/mol. The number of carbonyl (C=O) groups excluding carboxylic acids is 1. The smallest absolute Gasteiger partial charge is 0.253 e. The zero-order chi connectivity index (χ0) is 15.7. The van der Waals surface area contributed by atoms with Crippen molar-refractivity contribution in [2.75, 3.05) is 30.3 Å². The zero-order valence-electron chi connectivity index (χ0n) is 11.6. The molecule has 2 rings (SSSR count). The SMILES string of the molecule is CCS(=O)(=O)c1ccc(C(=O)N2CCS(=O)(=O)CC2)cc1. The van der Waals surface area contributed by atoms with Crippen molar-refractivity contribution in [3.63, 3.8) is 0 Å². The standard InChI is InChI=1S/C13H17NO5S2/c1-2-21(18,19)12-5-3-11(4-6-12)13(15)14-7-9-20(16,17)10-8-14/h3-6H,2,7-10H2,1H3. The summed E-state index contributed by atoms with van der Waals surface area (Å²) in [5.74, 6) is -0.322. The lowest BCUT2D eigenvalue weighted by molar-refractivity contribution is 0.0770. The topological polar surface area (TPSA) is 88.6 Å². The highest BCUT2D eigenvalue weighted by atomic mass is 32.2. The Morgan fingerprint density at radius 2 is 1.67 bits per heavy atom. The van der Waals surface area contributed by atoms with E-state index in [9.17, 15) is 21.6 Å². The fourth-order valence-corrected chi connectivity index (χ4v) is 4.15. The van der Waals surface area contributed by atoms with Crippen molar-refractivity contribution in [1.82, 2.24) is 4.90 Å². The lowest BCUT2D eigenvalue weighted by Crippen LogP contribution is -2.43. The molecule has 0 N–H and O–H groups in total. The Balaban J connectivity index is 2.14. The van der Waals surface area contributed by atoms with Crippen molar-refractivity contribution in [3.05, 3.63) is 29.8 Å². The third kappa shape index (κ3) is 3.62. The van der Waals surface area contributed by atoms with Crippen molar-refractivity contribution in [2.45, 2.75) is 11.8 Å². The second-order valence-electron chi connectivity index (χ2n) is 4.87. The Kier molecular flexibility index (Phi) is 4.38. The van der Waals surface area contributed by atoms with Crippen molar-refractivity contribution in [3.8, 4) is 0 Å². The minimum absolute atomic E-state index is 0.00424. The fraction of sp³-hybridized carbons (Fsp3) is 0.462. The van der Waals surface area contributed by atoms with Gasteiger partial charge in [0.05, 0.1) is 22.2 Å². The number of amides is 1. The number of carbonyl (C=O) groups is 1. The van der Waals surface area contributed by atoms with E-state index >= 15 is 0 Å². The van der Waals surface area contributed by atoms with Crippen LogP contribution in [0.5, 0.6) is 0 Å². The first kappa shape index (κ1) is 16.0. The number of hydrogen-bond acceptors (Lipinski definition) is 5. The summed E-state index contributed by atoms with van der Waals surface area (Å²) in [4.78, 5) is 13.9. The molecule has 0 spiro atoms. The average molecular weight is 331 g/mol. The van der Waals surface area contributed by atoms with Gasteiger partial charge in [0.15, 0.2) is 19.7 Å². The Morgan fingerprint density at radius 3 is 2.14 bits per heavy atom. The first-order chi connectivity index (χ1) is 9.75. The van der Waals surface area contributed by atoms with Gasteiger partial charge in [0.25, 0.3) is 5.91 Å². The largest absolute Gasteiger partial charge is 0.337 e. The molecule has 0 bridgehead atoms. The molecule has 1 aromatic carbocycles.